The van der Waals surface area contributed by atoms with Crippen LogP contribution in [-0.2, 0) is 16.0 Å². The van der Waals surface area contributed by atoms with Gasteiger partial charge < -0.3 is 4.74 Å². The average Bonchev–Trinajstić information content (AvgIpc) is 2.73. The highest BCUT2D eigenvalue weighted by Crippen LogP contribution is 2.36. The van der Waals surface area contributed by atoms with E-state index in [4.69, 9.17) is 4.74 Å². The molecule has 0 radical (unpaired) electrons. The zero-order valence-electron chi connectivity index (χ0n) is 11.2. The van der Waals surface area contributed by atoms with Gasteiger partial charge in [-0.2, -0.15) is 0 Å². The van der Waals surface area contributed by atoms with Gasteiger partial charge >= 0.3 is 0 Å². The van der Waals surface area contributed by atoms with E-state index in [1.165, 1.54) is 0 Å². The predicted molar refractivity (Wildman–Crippen MR) is 70.5 cm³/mol. The first-order valence-electron chi connectivity index (χ1n) is 7.05. The monoisotopic (exact) mass is 262 g/mol. The Labute approximate surface area is 113 Å². The van der Waals surface area contributed by atoms with Crippen LogP contribution in [-0.4, -0.2) is 18.0 Å². The topological polar surface area (TPSA) is 26.3 Å². The minimum Gasteiger partial charge on any atom is -0.375 e. The SMILES string of the molecule is Cc1cccc(CC(=O)C2CC3CCC(C2)O3)c1F. The highest BCUT2D eigenvalue weighted by molar-refractivity contribution is 5.83. The molecule has 2 atom stereocenters. The van der Waals surface area contributed by atoms with Crippen molar-refractivity contribution in [2.45, 2.75) is 51.2 Å². The summed E-state index contributed by atoms with van der Waals surface area (Å²) in [5.41, 5.74) is 1.14. The van der Waals surface area contributed by atoms with Crippen molar-refractivity contribution >= 4 is 5.78 Å². The fourth-order valence-electron chi connectivity index (χ4n) is 3.30. The molecule has 102 valence electrons. The van der Waals surface area contributed by atoms with E-state index in [1.54, 1.807) is 19.1 Å². The summed E-state index contributed by atoms with van der Waals surface area (Å²) in [7, 11) is 0. The number of hydrogen-bond acceptors (Lipinski definition) is 2. The van der Waals surface area contributed by atoms with Crippen LogP contribution in [0, 0.1) is 18.7 Å². The van der Waals surface area contributed by atoms with E-state index in [1.807, 2.05) is 6.07 Å². The van der Waals surface area contributed by atoms with E-state index in [2.05, 4.69) is 0 Å². The fraction of sp³-hybridized carbons (Fsp3) is 0.562. The molecule has 2 heterocycles. The molecule has 0 amide bonds. The molecule has 2 fully saturated rings. The third-order valence-corrected chi connectivity index (χ3v) is 4.38. The molecule has 19 heavy (non-hydrogen) atoms. The number of benzene rings is 1. The maximum Gasteiger partial charge on any atom is 0.140 e. The van der Waals surface area contributed by atoms with Crippen molar-refractivity contribution in [3.63, 3.8) is 0 Å². The molecule has 1 aromatic carbocycles. The number of Topliss-reactive ketones (excluding diaryl/α,β-unsaturated/α-hetero) is 1. The quantitative estimate of drug-likeness (QED) is 0.836. The minimum absolute atomic E-state index is 0.0613. The first-order valence-corrected chi connectivity index (χ1v) is 7.05. The molecular formula is C16H19FO2. The first kappa shape index (κ1) is 12.8. The van der Waals surface area contributed by atoms with E-state index in [0.717, 1.165) is 25.7 Å². The molecule has 2 bridgehead atoms. The van der Waals surface area contributed by atoms with E-state index >= 15 is 0 Å². The standard InChI is InChI=1S/C16H19FO2/c1-10-3-2-4-11(16(10)17)9-15(18)12-7-13-5-6-14(8-12)19-13/h2-4,12-14H,5-9H2,1H3. The van der Waals surface area contributed by atoms with Crippen LogP contribution in [0.1, 0.15) is 36.8 Å². The highest BCUT2D eigenvalue weighted by atomic mass is 19.1. The Balaban J connectivity index is 1.69. The number of hydrogen-bond donors (Lipinski definition) is 0. The summed E-state index contributed by atoms with van der Waals surface area (Å²) in [6.45, 7) is 1.73. The zero-order chi connectivity index (χ0) is 13.4. The van der Waals surface area contributed by atoms with E-state index in [-0.39, 0.29) is 36.1 Å². The minimum atomic E-state index is -0.231. The summed E-state index contributed by atoms with van der Waals surface area (Å²) in [4.78, 5) is 12.3. The van der Waals surface area contributed by atoms with Crippen LogP contribution in [0.3, 0.4) is 0 Å². The Bertz CT molecular complexity index is 486. The van der Waals surface area contributed by atoms with Crippen LogP contribution in [0.25, 0.3) is 0 Å². The number of halogens is 1. The van der Waals surface area contributed by atoms with Crippen LogP contribution < -0.4 is 0 Å². The molecule has 0 aromatic heterocycles. The summed E-state index contributed by atoms with van der Waals surface area (Å²) >= 11 is 0. The molecule has 0 spiro atoms. The molecule has 0 saturated carbocycles. The molecule has 2 aliphatic heterocycles. The van der Waals surface area contributed by atoms with Crippen LogP contribution in [0.15, 0.2) is 18.2 Å². The molecule has 2 saturated heterocycles. The average molecular weight is 262 g/mol. The summed E-state index contributed by atoms with van der Waals surface area (Å²) in [6.07, 6.45) is 4.54. The van der Waals surface area contributed by atoms with Crippen LogP contribution in [0.2, 0.25) is 0 Å². The highest BCUT2D eigenvalue weighted by Gasteiger charge is 2.37. The summed E-state index contributed by atoms with van der Waals surface area (Å²) in [6, 6.07) is 5.26. The van der Waals surface area contributed by atoms with Crippen LogP contribution in [0.4, 0.5) is 4.39 Å². The lowest BCUT2D eigenvalue weighted by Crippen LogP contribution is -2.31. The Kier molecular flexibility index (Phi) is 3.40. The second-order valence-electron chi connectivity index (χ2n) is 5.82. The van der Waals surface area contributed by atoms with Crippen molar-refractivity contribution in [2.75, 3.05) is 0 Å². The molecule has 2 aliphatic rings. The van der Waals surface area contributed by atoms with Gasteiger partial charge in [0.25, 0.3) is 0 Å². The van der Waals surface area contributed by atoms with Gasteiger partial charge in [0.1, 0.15) is 11.6 Å². The van der Waals surface area contributed by atoms with Gasteiger partial charge in [0.05, 0.1) is 12.2 Å². The van der Waals surface area contributed by atoms with Gasteiger partial charge in [-0.05, 0) is 43.7 Å². The van der Waals surface area contributed by atoms with Crippen molar-refractivity contribution in [3.8, 4) is 0 Å². The number of ketones is 1. The van der Waals surface area contributed by atoms with Crippen LogP contribution in [0.5, 0.6) is 0 Å². The molecule has 0 aliphatic carbocycles. The van der Waals surface area contributed by atoms with Gasteiger partial charge in [-0.3, -0.25) is 4.79 Å². The number of ether oxygens (including phenoxy) is 1. The molecular weight excluding hydrogens is 243 g/mol. The van der Waals surface area contributed by atoms with Crippen molar-refractivity contribution in [2.24, 2.45) is 5.92 Å². The molecule has 2 nitrogen and oxygen atoms in total. The normalized spacial score (nSPS) is 29.5. The number of carbonyl (C=O) groups is 1. The van der Waals surface area contributed by atoms with E-state index < -0.39 is 0 Å². The summed E-state index contributed by atoms with van der Waals surface area (Å²) < 4.78 is 19.7. The van der Waals surface area contributed by atoms with Gasteiger partial charge in [0.15, 0.2) is 0 Å². The largest absolute Gasteiger partial charge is 0.375 e. The Morgan fingerprint density at radius 1 is 1.32 bits per heavy atom. The van der Waals surface area contributed by atoms with Gasteiger partial charge in [-0.25, -0.2) is 4.39 Å². The third kappa shape index (κ3) is 2.57. The van der Waals surface area contributed by atoms with E-state index in [0.29, 0.717) is 11.1 Å². The summed E-state index contributed by atoms with van der Waals surface area (Å²) in [5.74, 6) is 0.00161. The maximum atomic E-state index is 13.9. The third-order valence-electron chi connectivity index (χ3n) is 4.38. The second-order valence-corrected chi connectivity index (χ2v) is 5.82. The number of rotatable bonds is 3. The lowest BCUT2D eigenvalue weighted by molar-refractivity contribution is -0.128. The molecule has 1 aromatic rings. The van der Waals surface area contributed by atoms with E-state index in [9.17, 15) is 9.18 Å². The smallest absolute Gasteiger partial charge is 0.140 e. The Morgan fingerprint density at radius 3 is 2.68 bits per heavy atom. The first-order chi connectivity index (χ1) is 9.13. The van der Waals surface area contributed by atoms with Crippen molar-refractivity contribution in [1.29, 1.82) is 0 Å². The molecule has 0 N–H and O–H groups in total. The number of carbonyl (C=O) groups excluding carboxylic acids is 1. The van der Waals surface area contributed by atoms with Crippen molar-refractivity contribution < 1.29 is 13.9 Å². The maximum absolute atomic E-state index is 13.9. The van der Waals surface area contributed by atoms with Gasteiger partial charge in [-0.15, -0.1) is 0 Å². The molecule has 3 rings (SSSR count). The lowest BCUT2D eigenvalue weighted by atomic mass is 9.88. The van der Waals surface area contributed by atoms with Crippen LogP contribution >= 0.6 is 0 Å². The van der Waals surface area contributed by atoms with Crippen molar-refractivity contribution in [3.05, 3.63) is 35.1 Å². The lowest BCUT2D eigenvalue weighted by Gasteiger charge is -2.27. The van der Waals surface area contributed by atoms with Gasteiger partial charge in [-0.1, -0.05) is 18.2 Å². The Hall–Kier alpha value is -1.22. The molecule has 2 unspecified atom stereocenters. The zero-order valence-corrected chi connectivity index (χ0v) is 11.2. The van der Waals surface area contributed by atoms with Gasteiger partial charge in [0.2, 0.25) is 0 Å². The van der Waals surface area contributed by atoms with Crippen molar-refractivity contribution in [1.82, 2.24) is 0 Å². The summed E-state index contributed by atoms with van der Waals surface area (Å²) in [5, 5.41) is 0. The Morgan fingerprint density at radius 2 is 2.00 bits per heavy atom. The predicted octanol–water partition coefficient (Wildman–Crippen LogP) is 3.20. The fourth-order valence-corrected chi connectivity index (χ4v) is 3.30. The molecule has 3 heteroatoms. The number of aryl methyl sites for hydroxylation is 1. The van der Waals surface area contributed by atoms with Gasteiger partial charge in [0, 0.05) is 12.3 Å². The number of fused-ring (bicyclic) bond motifs is 2. The second kappa shape index (κ2) is 5.04.